The Morgan fingerprint density at radius 2 is 1.84 bits per heavy atom. The van der Waals surface area contributed by atoms with Crippen molar-refractivity contribution in [1.82, 2.24) is 5.32 Å². The van der Waals surface area contributed by atoms with Crippen LogP contribution in [0, 0.1) is 0 Å². The monoisotopic (exact) mass is 461 g/mol. The summed E-state index contributed by atoms with van der Waals surface area (Å²) < 4.78 is 1.82. The zero-order valence-corrected chi connectivity index (χ0v) is 17.4. The number of hydrogen-bond donors (Lipinski definition) is 1. The normalized spacial score (nSPS) is 21.2. The number of nitrogens with zero attached hydrogens (tertiary/aromatic N) is 2. The SMILES string of the molecule is CCOc1ccccc1/C=C/C1(C(Cl)(Cl)Cl)N=CNC(C(Cl)(Cl)Cl)=N1. The van der Waals surface area contributed by atoms with E-state index in [0.29, 0.717) is 12.4 Å². The van der Waals surface area contributed by atoms with Crippen LogP contribution in [0.2, 0.25) is 0 Å². The van der Waals surface area contributed by atoms with Gasteiger partial charge in [0.05, 0.1) is 12.9 Å². The summed E-state index contributed by atoms with van der Waals surface area (Å²) in [5.74, 6) is 0.658. The molecule has 0 amide bonds. The lowest BCUT2D eigenvalue weighted by molar-refractivity contribution is 0.339. The van der Waals surface area contributed by atoms with Gasteiger partial charge in [0.15, 0.2) is 5.84 Å². The first-order valence-corrected chi connectivity index (χ1v) is 9.31. The Kier molecular flexibility index (Phi) is 6.80. The number of ether oxygens (including phenoxy) is 1. The average Bonchev–Trinajstić information content (AvgIpc) is 2.53. The number of rotatable bonds is 4. The highest BCUT2D eigenvalue weighted by Gasteiger charge is 2.49. The van der Waals surface area contributed by atoms with Crippen LogP contribution in [-0.4, -0.2) is 32.0 Å². The van der Waals surface area contributed by atoms with Crippen LogP contribution in [0.25, 0.3) is 6.08 Å². The minimum Gasteiger partial charge on any atom is -0.493 e. The highest BCUT2D eigenvalue weighted by molar-refractivity contribution is 6.77. The Hall–Kier alpha value is -0.360. The summed E-state index contributed by atoms with van der Waals surface area (Å²) >= 11 is 36.0. The molecule has 0 saturated carbocycles. The largest absolute Gasteiger partial charge is 0.493 e. The van der Waals surface area contributed by atoms with Gasteiger partial charge >= 0.3 is 0 Å². The van der Waals surface area contributed by atoms with Crippen LogP contribution in [-0.2, 0) is 0 Å². The molecule has 1 aliphatic heterocycles. The van der Waals surface area contributed by atoms with E-state index in [2.05, 4.69) is 15.3 Å². The Labute approximate surface area is 175 Å². The molecule has 1 unspecified atom stereocenters. The van der Waals surface area contributed by atoms with Crippen LogP contribution < -0.4 is 10.1 Å². The third kappa shape index (κ3) is 5.09. The summed E-state index contributed by atoms with van der Waals surface area (Å²) in [6.45, 7) is 2.40. The smallest absolute Gasteiger partial charge is 0.247 e. The van der Waals surface area contributed by atoms with E-state index in [1.54, 1.807) is 6.08 Å². The molecule has 1 N–H and O–H groups in total. The molecule has 0 aromatic heterocycles. The molecule has 2 rings (SSSR count). The van der Waals surface area contributed by atoms with E-state index in [4.69, 9.17) is 74.3 Å². The Balaban J connectivity index is 2.49. The van der Waals surface area contributed by atoms with Crippen molar-refractivity contribution in [3.63, 3.8) is 0 Å². The van der Waals surface area contributed by atoms with Gasteiger partial charge in [-0.1, -0.05) is 93.9 Å². The third-order valence-electron chi connectivity index (χ3n) is 3.14. The van der Waals surface area contributed by atoms with Gasteiger partial charge in [-0.2, -0.15) is 0 Å². The van der Waals surface area contributed by atoms with E-state index in [0.717, 1.165) is 5.56 Å². The molecule has 0 aliphatic carbocycles. The predicted molar refractivity (Wildman–Crippen MR) is 109 cm³/mol. The maximum Gasteiger partial charge on any atom is 0.247 e. The summed E-state index contributed by atoms with van der Waals surface area (Å²) in [6.07, 6.45) is 4.48. The van der Waals surface area contributed by atoms with Crippen molar-refractivity contribution in [2.75, 3.05) is 6.61 Å². The van der Waals surface area contributed by atoms with Crippen molar-refractivity contribution in [2.45, 2.75) is 20.2 Å². The fraction of sp³-hybridized carbons (Fsp3) is 0.333. The second-order valence-corrected chi connectivity index (χ2v) is 9.45. The number of amidine groups is 1. The van der Waals surface area contributed by atoms with Gasteiger partial charge in [0.2, 0.25) is 13.2 Å². The molecular weight excluding hydrogens is 451 g/mol. The van der Waals surface area contributed by atoms with Crippen molar-refractivity contribution < 1.29 is 4.74 Å². The molecule has 0 radical (unpaired) electrons. The first kappa shape index (κ1) is 20.9. The molecular formula is C15H13Cl6N3O. The number of alkyl halides is 6. The van der Waals surface area contributed by atoms with Crippen LogP contribution in [0.1, 0.15) is 12.5 Å². The summed E-state index contributed by atoms with van der Waals surface area (Å²) in [7, 11) is 0. The van der Waals surface area contributed by atoms with Gasteiger partial charge in [0, 0.05) is 5.56 Å². The number of halogens is 6. The second-order valence-electron chi connectivity index (χ2n) is 4.89. The first-order chi connectivity index (χ1) is 11.6. The molecule has 1 aliphatic rings. The van der Waals surface area contributed by atoms with Crippen molar-refractivity contribution in [1.29, 1.82) is 0 Å². The molecule has 1 aromatic carbocycles. The molecule has 4 nitrogen and oxygen atoms in total. The van der Waals surface area contributed by atoms with Crippen molar-refractivity contribution >= 4 is 87.9 Å². The summed E-state index contributed by atoms with van der Waals surface area (Å²) in [5.41, 5.74) is -0.848. The van der Waals surface area contributed by atoms with Gasteiger partial charge in [0.25, 0.3) is 0 Å². The van der Waals surface area contributed by atoms with E-state index in [-0.39, 0.29) is 5.84 Å². The molecule has 1 aromatic rings. The van der Waals surface area contributed by atoms with Gasteiger partial charge in [0.1, 0.15) is 5.75 Å². The van der Waals surface area contributed by atoms with E-state index < -0.39 is 13.2 Å². The van der Waals surface area contributed by atoms with Gasteiger partial charge in [-0.15, -0.1) is 0 Å². The van der Waals surface area contributed by atoms with Crippen LogP contribution in [0.3, 0.4) is 0 Å². The molecule has 0 bridgehead atoms. The molecule has 0 spiro atoms. The van der Waals surface area contributed by atoms with Gasteiger partial charge in [-0.25, -0.2) is 9.98 Å². The summed E-state index contributed by atoms with van der Waals surface area (Å²) in [6, 6.07) is 7.38. The fourth-order valence-electron chi connectivity index (χ4n) is 1.99. The van der Waals surface area contributed by atoms with Crippen molar-refractivity contribution in [3.8, 4) is 5.75 Å². The van der Waals surface area contributed by atoms with Crippen LogP contribution in [0.4, 0.5) is 0 Å². The molecule has 25 heavy (non-hydrogen) atoms. The maximum absolute atomic E-state index is 6.12. The van der Waals surface area contributed by atoms with Crippen molar-refractivity contribution in [2.24, 2.45) is 9.98 Å². The van der Waals surface area contributed by atoms with E-state index in [1.165, 1.54) is 12.4 Å². The number of nitrogens with one attached hydrogen (secondary N) is 1. The highest BCUT2D eigenvalue weighted by Crippen LogP contribution is 2.45. The number of aliphatic imine (C=N–C) groups is 2. The zero-order valence-electron chi connectivity index (χ0n) is 12.8. The third-order valence-corrected chi connectivity index (χ3v) is 4.52. The molecule has 0 saturated heterocycles. The second kappa shape index (κ2) is 8.12. The number of para-hydroxylation sites is 1. The quantitative estimate of drug-likeness (QED) is 0.594. The maximum atomic E-state index is 6.12. The van der Waals surface area contributed by atoms with E-state index in [9.17, 15) is 0 Å². The van der Waals surface area contributed by atoms with E-state index >= 15 is 0 Å². The lowest BCUT2D eigenvalue weighted by Gasteiger charge is -2.33. The summed E-state index contributed by atoms with van der Waals surface area (Å²) in [4.78, 5) is 8.40. The standard InChI is InChI=1S/C15H13Cl6N3O/c1-2-25-11-6-4-3-5-10(11)7-8-13(15(19,20)21)23-9-22-12(24-13)14(16,17)18/h3-9H,2H2,1H3,(H,22,23,24)/b8-7+. The average molecular weight is 464 g/mol. The molecule has 1 heterocycles. The Morgan fingerprint density at radius 3 is 2.44 bits per heavy atom. The Morgan fingerprint density at radius 1 is 1.16 bits per heavy atom. The minimum absolute atomic E-state index is 0.0124. The molecule has 0 fully saturated rings. The topological polar surface area (TPSA) is 46.0 Å². The van der Waals surface area contributed by atoms with Crippen LogP contribution in [0.15, 0.2) is 40.3 Å². The van der Waals surface area contributed by atoms with E-state index in [1.807, 2.05) is 31.2 Å². The molecule has 1 atom stereocenters. The molecule has 136 valence electrons. The lowest BCUT2D eigenvalue weighted by atomic mass is 10.1. The van der Waals surface area contributed by atoms with Crippen LogP contribution in [0.5, 0.6) is 5.75 Å². The number of hydrogen-bond acceptors (Lipinski definition) is 4. The van der Waals surface area contributed by atoms with Crippen LogP contribution >= 0.6 is 69.6 Å². The van der Waals surface area contributed by atoms with Crippen molar-refractivity contribution in [3.05, 3.63) is 35.9 Å². The first-order valence-electron chi connectivity index (χ1n) is 7.04. The predicted octanol–water partition coefficient (Wildman–Crippen LogP) is 5.57. The Bertz CT molecular complexity index is 708. The van der Waals surface area contributed by atoms with Gasteiger partial charge in [-0.3, -0.25) is 0 Å². The highest BCUT2D eigenvalue weighted by atomic mass is 35.6. The van der Waals surface area contributed by atoms with Gasteiger partial charge < -0.3 is 10.1 Å². The fourth-order valence-corrected chi connectivity index (χ4v) is 2.74. The number of benzene rings is 1. The molecule has 10 heteroatoms. The minimum atomic E-state index is -1.93. The van der Waals surface area contributed by atoms with Gasteiger partial charge in [-0.05, 0) is 19.1 Å². The lowest BCUT2D eigenvalue weighted by Crippen LogP contribution is -2.47. The zero-order chi connectivity index (χ0) is 18.7. The summed E-state index contributed by atoms with van der Waals surface area (Å²) in [5, 5.41) is 2.64.